The average Bonchev–Trinajstić information content (AvgIpc) is 2.58. The lowest BCUT2D eigenvalue weighted by Crippen LogP contribution is -2.65. The second-order valence-electron chi connectivity index (χ2n) is 6.61. The molecular formula is C16H29FN2O7. The zero-order valence-corrected chi connectivity index (χ0v) is 15.0. The summed E-state index contributed by atoms with van der Waals surface area (Å²) in [5.74, 6) is -3.00. The van der Waals surface area contributed by atoms with Gasteiger partial charge in [0.1, 0.15) is 24.1 Å². The number of unbranched alkanes of at least 4 members (excludes halogenated alkanes) is 1. The van der Waals surface area contributed by atoms with Gasteiger partial charge in [0.05, 0.1) is 19.2 Å². The molecule has 1 aliphatic rings. The van der Waals surface area contributed by atoms with Crippen molar-refractivity contribution in [1.29, 1.82) is 0 Å². The van der Waals surface area contributed by atoms with Crippen molar-refractivity contribution in [3.05, 3.63) is 0 Å². The Morgan fingerprint density at radius 2 is 1.96 bits per heavy atom. The Morgan fingerprint density at radius 1 is 1.31 bits per heavy atom. The van der Waals surface area contributed by atoms with Crippen molar-refractivity contribution in [2.24, 2.45) is 0 Å². The van der Waals surface area contributed by atoms with Crippen LogP contribution in [0.5, 0.6) is 0 Å². The summed E-state index contributed by atoms with van der Waals surface area (Å²) in [7, 11) is 0. The number of halogens is 1. The van der Waals surface area contributed by atoms with E-state index in [0.29, 0.717) is 19.3 Å². The number of hydrogen-bond acceptors (Lipinski definition) is 8. The van der Waals surface area contributed by atoms with Gasteiger partial charge in [0.2, 0.25) is 5.79 Å². The lowest BCUT2D eigenvalue weighted by Gasteiger charge is -2.42. The van der Waals surface area contributed by atoms with Crippen molar-refractivity contribution in [3.8, 4) is 0 Å². The van der Waals surface area contributed by atoms with Crippen LogP contribution in [0.2, 0.25) is 0 Å². The first kappa shape index (κ1) is 22.9. The predicted octanol–water partition coefficient (Wildman–Crippen LogP) is -2.02. The molecule has 0 aliphatic carbocycles. The minimum Gasteiger partial charge on any atom is -0.388 e. The minimum absolute atomic E-state index is 0.194. The van der Waals surface area contributed by atoms with Crippen molar-refractivity contribution in [2.45, 2.75) is 69.4 Å². The van der Waals surface area contributed by atoms with E-state index in [0.717, 1.165) is 6.92 Å². The van der Waals surface area contributed by atoms with Gasteiger partial charge < -0.3 is 35.8 Å². The summed E-state index contributed by atoms with van der Waals surface area (Å²) in [6.45, 7) is 2.12. The lowest BCUT2D eigenvalue weighted by atomic mass is 9.96. The topological polar surface area (TPSA) is 148 Å². The van der Waals surface area contributed by atoms with Crippen LogP contribution in [0.3, 0.4) is 0 Å². The first-order valence-corrected chi connectivity index (χ1v) is 8.64. The second kappa shape index (κ2) is 10.2. The molecule has 0 aromatic carbocycles. The van der Waals surface area contributed by atoms with Gasteiger partial charge in [0.25, 0.3) is 5.91 Å². The maximum atomic E-state index is 12.7. The Kier molecular flexibility index (Phi) is 9.01. The number of amides is 1. The van der Waals surface area contributed by atoms with Gasteiger partial charge in [-0.15, -0.1) is 0 Å². The van der Waals surface area contributed by atoms with Gasteiger partial charge in [-0.25, -0.2) is 4.39 Å². The Bertz CT molecular complexity index is 480. The molecule has 1 rings (SSSR count). The molecule has 1 fully saturated rings. The number of aliphatic hydroxyl groups is 4. The number of hydrogen-bond donors (Lipinski definition) is 6. The van der Waals surface area contributed by atoms with Crippen LogP contribution in [0, 0.1) is 0 Å². The van der Waals surface area contributed by atoms with E-state index < -0.39 is 42.2 Å². The number of carbonyl (C=O) groups is 2. The molecule has 6 N–H and O–H groups in total. The molecule has 0 spiro atoms. The standard InChI is InChI=1S/C16H29FN2O7/c1-9(17)15(24)18-6-4-3-5-11(10(2)20)19-8-16(25)14(23)13(22)12(21)7-26-16/h9,11-14,19,21-23,25H,3-8H2,1-2H3,(H,18,24)/t9?,11?,12?,13-,14+,16-/m1/s1/i17-1. The molecule has 9 nitrogen and oxygen atoms in total. The van der Waals surface area contributed by atoms with Gasteiger partial charge in [0.15, 0.2) is 6.17 Å². The molecule has 1 saturated heterocycles. The summed E-state index contributed by atoms with van der Waals surface area (Å²) in [4.78, 5) is 22.8. The first-order chi connectivity index (χ1) is 12.1. The fourth-order valence-electron chi connectivity index (χ4n) is 2.59. The van der Waals surface area contributed by atoms with Crippen LogP contribution < -0.4 is 10.6 Å². The summed E-state index contributed by atoms with van der Waals surface area (Å²) in [6, 6.07) is -0.630. The number of aliphatic hydroxyl groups excluding tert-OH is 3. The molecule has 0 saturated carbocycles. The van der Waals surface area contributed by atoms with Crippen LogP contribution >= 0.6 is 0 Å². The zero-order chi connectivity index (χ0) is 19.9. The summed E-state index contributed by atoms with van der Waals surface area (Å²) >= 11 is 0. The largest absolute Gasteiger partial charge is 0.388 e. The third-order valence-electron chi connectivity index (χ3n) is 4.36. The lowest BCUT2D eigenvalue weighted by molar-refractivity contribution is -0.318. The normalized spacial score (nSPS) is 31.3. The van der Waals surface area contributed by atoms with Gasteiger partial charge in [-0.1, -0.05) is 0 Å². The monoisotopic (exact) mass is 379 g/mol. The van der Waals surface area contributed by atoms with E-state index in [-0.39, 0.29) is 25.5 Å². The first-order valence-electron chi connectivity index (χ1n) is 8.64. The SMILES string of the molecule is CC(=O)C(CCCCNC(=O)C(C)[18F])NC[C@@]1(O)OCC(O)[C@@H](O)[C@@H]1O. The minimum atomic E-state index is -2.13. The third kappa shape index (κ3) is 6.53. The van der Waals surface area contributed by atoms with Crippen molar-refractivity contribution in [1.82, 2.24) is 10.6 Å². The maximum Gasteiger partial charge on any atom is 0.254 e. The molecule has 26 heavy (non-hydrogen) atoms. The number of nitrogens with one attached hydrogen (secondary N) is 2. The van der Waals surface area contributed by atoms with Crippen molar-refractivity contribution in [2.75, 3.05) is 19.7 Å². The molecular weight excluding hydrogens is 350 g/mol. The van der Waals surface area contributed by atoms with E-state index in [9.17, 15) is 34.4 Å². The van der Waals surface area contributed by atoms with E-state index in [1.54, 1.807) is 0 Å². The highest BCUT2D eigenvalue weighted by Gasteiger charge is 2.48. The van der Waals surface area contributed by atoms with Gasteiger partial charge in [0, 0.05) is 6.54 Å². The van der Waals surface area contributed by atoms with Gasteiger partial charge in [-0.2, -0.15) is 0 Å². The predicted molar refractivity (Wildman–Crippen MR) is 88.8 cm³/mol. The average molecular weight is 379 g/mol. The molecule has 0 aromatic rings. The van der Waals surface area contributed by atoms with E-state index >= 15 is 0 Å². The number of ketones is 1. The van der Waals surface area contributed by atoms with Gasteiger partial charge >= 0.3 is 0 Å². The van der Waals surface area contributed by atoms with E-state index in [4.69, 9.17) is 4.74 Å². The molecule has 0 radical (unpaired) electrons. The Labute approximate surface area is 151 Å². The van der Waals surface area contributed by atoms with Crippen LogP contribution in [0.15, 0.2) is 0 Å². The van der Waals surface area contributed by atoms with Gasteiger partial charge in [-0.3, -0.25) is 9.59 Å². The quantitative estimate of drug-likeness (QED) is 0.238. The molecule has 0 bridgehead atoms. The third-order valence-corrected chi connectivity index (χ3v) is 4.36. The maximum absolute atomic E-state index is 12.7. The highest BCUT2D eigenvalue weighted by molar-refractivity contribution is 5.81. The summed E-state index contributed by atoms with van der Waals surface area (Å²) in [5, 5.41) is 44.4. The zero-order valence-electron chi connectivity index (χ0n) is 15.0. The molecule has 1 aliphatic heterocycles. The molecule has 1 heterocycles. The fraction of sp³-hybridized carbons (Fsp3) is 0.875. The highest BCUT2D eigenvalue weighted by atomic mass is 18.2. The number of alkyl halides is 1. The smallest absolute Gasteiger partial charge is 0.254 e. The molecule has 1 amide bonds. The number of Topliss-reactive ketones (excluding diaryl/α,β-unsaturated/α-hetero) is 1. The highest BCUT2D eigenvalue weighted by Crippen LogP contribution is 2.23. The van der Waals surface area contributed by atoms with Gasteiger partial charge in [-0.05, 0) is 33.1 Å². The summed E-state index contributed by atoms with van der Waals surface area (Å²) in [6.07, 6.45) is -4.68. The second-order valence-corrected chi connectivity index (χ2v) is 6.61. The van der Waals surface area contributed by atoms with E-state index in [1.165, 1.54) is 6.92 Å². The van der Waals surface area contributed by atoms with Crippen LogP contribution in [0.4, 0.5) is 4.39 Å². The summed E-state index contributed by atoms with van der Waals surface area (Å²) in [5.41, 5.74) is 0. The van der Waals surface area contributed by atoms with Crippen LogP contribution in [-0.4, -0.2) is 88.1 Å². The molecule has 6 atom stereocenters. The van der Waals surface area contributed by atoms with Crippen molar-refractivity contribution >= 4 is 11.7 Å². The van der Waals surface area contributed by atoms with E-state index in [1.807, 2.05) is 0 Å². The van der Waals surface area contributed by atoms with Crippen molar-refractivity contribution < 1.29 is 39.1 Å². The molecule has 0 aromatic heterocycles. The summed E-state index contributed by atoms with van der Waals surface area (Å²) < 4.78 is 17.7. The Morgan fingerprint density at radius 3 is 2.54 bits per heavy atom. The molecule has 152 valence electrons. The molecule has 3 unspecified atom stereocenters. The van der Waals surface area contributed by atoms with E-state index in [2.05, 4.69) is 10.6 Å². The Balaban J connectivity index is 2.41. The number of rotatable bonds is 10. The molecule has 10 heteroatoms. The van der Waals surface area contributed by atoms with Crippen LogP contribution in [-0.2, 0) is 14.3 Å². The van der Waals surface area contributed by atoms with Crippen LogP contribution in [0.1, 0.15) is 33.1 Å². The van der Waals surface area contributed by atoms with Crippen molar-refractivity contribution in [3.63, 3.8) is 0 Å². The number of ether oxygens (including phenoxy) is 1. The fourth-order valence-corrected chi connectivity index (χ4v) is 2.59. The number of carbonyl (C=O) groups excluding carboxylic acids is 2. The van der Waals surface area contributed by atoms with Crippen LogP contribution in [0.25, 0.3) is 0 Å². The Hall–Kier alpha value is -1.17.